The van der Waals surface area contributed by atoms with Gasteiger partial charge >= 0.3 is 0 Å². The highest BCUT2D eigenvalue weighted by Gasteiger charge is 2.60. The van der Waals surface area contributed by atoms with Crippen LogP contribution in [0.1, 0.15) is 112 Å². The van der Waals surface area contributed by atoms with Gasteiger partial charge in [0.25, 0.3) is 0 Å². The summed E-state index contributed by atoms with van der Waals surface area (Å²) in [5, 5.41) is 10.5. The van der Waals surface area contributed by atoms with E-state index in [2.05, 4.69) is 34.6 Å². The van der Waals surface area contributed by atoms with Crippen LogP contribution < -0.4 is 0 Å². The summed E-state index contributed by atoms with van der Waals surface area (Å²) in [5.74, 6) is 6.46. The number of fused-ring (bicyclic) bond motifs is 5. The predicted octanol–water partition coefficient (Wildman–Crippen LogP) is 7.47. The third kappa shape index (κ3) is 3.50. The molecular weight excluding hydrogens is 340 g/mol. The minimum Gasteiger partial charge on any atom is -0.393 e. The fourth-order valence-corrected chi connectivity index (χ4v) is 9.35. The molecule has 4 aliphatic carbocycles. The van der Waals surface area contributed by atoms with Crippen LogP contribution >= 0.6 is 0 Å². The summed E-state index contributed by atoms with van der Waals surface area (Å²) in [5.41, 5.74) is 1.04. The van der Waals surface area contributed by atoms with Crippen LogP contribution in [0.25, 0.3) is 0 Å². The summed E-state index contributed by atoms with van der Waals surface area (Å²) >= 11 is 0. The highest BCUT2D eigenvalue weighted by molar-refractivity contribution is 5.09. The van der Waals surface area contributed by atoms with Gasteiger partial charge in [-0.2, -0.15) is 0 Å². The molecule has 0 spiro atoms. The Hall–Kier alpha value is -0.0400. The van der Waals surface area contributed by atoms with Crippen LogP contribution in [0.5, 0.6) is 0 Å². The standard InChI is InChI=1S/C27H48O/c1-18(2)7-6-8-19(3)23-13-14-24-22-12-10-20-9-11-21(28)17-27(20,5)25(22)15-16-26(23,24)4/h18-25,28H,6-17H2,1-5H3/t19-,20-,21+,22?,23?,24?,25?,26?,27?/m1/s1. The van der Waals surface area contributed by atoms with E-state index in [0.717, 1.165) is 54.3 Å². The predicted molar refractivity (Wildman–Crippen MR) is 119 cm³/mol. The van der Waals surface area contributed by atoms with Gasteiger partial charge in [-0.15, -0.1) is 0 Å². The van der Waals surface area contributed by atoms with E-state index in [9.17, 15) is 5.11 Å². The Morgan fingerprint density at radius 3 is 2.29 bits per heavy atom. The zero-order valence-corrected chi connectivity index (χ0v) is 19.6. The van der Waals surface area contributed by atoms with Crippen molar-refractivity contribution in [1.82, 2.24) is 0 Å². The van der Waals surface area contributed by atoms with Gasteiger partial charge in [-0.1, -0.05) is 53.9 Å². The van der Waals surface area contributed by atoms with E-state index in [1.807, 2.05) is 0 Å². The molecule has 0 aliphatic heterocycles. The molecular formula is C27H48O. The Kier molecular flexibility index (Phi) is 5.98. The molecule has 0 aromatic heterocycles. The molecule has 6 unspecified atom stereocenters. The third-order valence-corrected chi connectivity index (χ3v) is 10.8. The van der Waals surface area contributed by atoms with E-state index in [1.165, 1.54) is 64.2 Å². The van der Waals surface area contributed by atoms with Crippen molar-refractivity contribution >= 4 is 0 Å². The fourth-order valence-electron chi connectivity index (χ4n) is 9.35. The summed E-state index contributed by atoms with van der Waals surface area (Å²) in [6, 6.07) is 0. The summed E-state index contributed by atoms with van der Waals surface area (Å²) in [7, 11) is 0. The van der Waals surface area contributed by atoms with Crippen LogP contribution in [0.15, 0.2) is 0 Å². The highest BCUT2D eigenvalue weighted by atomic mass is 16.3. The molecule has 4 fully saturated rings. The minimum absolute atomic E-state index is 0.0226. The number of aliphatic hydroxyl groups is 1. The van der Waals surface area contributed by atoms with Crippen molar-refractivity contribution in [2.75, 3.05) is 0 Å². The second-order valence-electron chi connectivity index (χ2n) is 12.6. The molecule has 0 bridgehead atoms. The van der Waals surface area contributed by atoms with E-state index < -0.39 is 0 Å². The monoisotopic (exact) mass is 388 g/mol. The Balaban J connectivity index is 1.47. The Bertz CT molecular complexity index is 540. The molecule has 4 rings (SSSR count). The van der Waals surface area contributed by atoms with Crippen molar-refractivity contribution in [3.05, 3.63) is 0 Å². The van der Waals surface area contributed by atoms with Gasteiger partial charge in [0.1, 0.15) is 0 Å². The van der Waals surface area contributed by atoms with Gasteiger partial charge in [-0.3, -0.25) is 0 Å². The Morgan fingerprint density at radius 1 is 0.821 bits per heavy atom. The minimum atomic E-state index is -0.0226. The second-order valence-corrected chi connectivity index (χ2v) is 12.6. The van der Waals surface area contributed by atoms with E-state index in [-0.39, 0.29) is 6.10 Å². The zero-order valence-electron chi connectivity index (χ0n) is 19.6. The maximum absolute atomic E-state index is 10.5. The van der Waals surface area contributed by atoms with E-state index in [1.54, 1.807) is 0 Å². The summed E-state index contributed by atoms with van der Waals surface area (Å²) in [6.07, 6.45) is 16.6. The van der Waals surface area contributed by atoms with Crippen molar-refractivity contribution in [1.29, 1.82) is 0 Å². The number of hydrogen-bond donors (Lipinski definition) is 1. The largest absolute Gasteiger partial charge is 0.393 e. The number of aliphatic hydroxyl groups excluding tert-OH is 1. The van der Waals surface area contributed by atoms with Crippen molar-refractivity contribution < 1.29 is 5.11 Å². The van der Waals surface area contributed by atoms with E-state index >= 15 is 0 Å². The smallest absolute Gasteiger partial charge is 0.0545 e. The maximum Gasteiger partial charge on any atom is 0.0545 e. The van der Waals surface area contributed by atoms with Crippen molar-refractivity contribution in [2.45, 2.75) is 118 Å². The van der Waals surface area contributed by atoms with Gasteiger partial charge < -0.3 is 5.11 Å². The van der Waals surface area contributed by atoms with Crippen molar-refractivity contribution in [3.63, 3.8) is 0 Å². The molecule has 0 amide bonds. The van der Waals surface area contributed by atoms with Crippen LogP contribution in [0.4, 0.5) is 0 Å². The molecule has 9 atom stereocenters. The summed E-state index contributed by atoms with van der Waals surface area (Å²) in [6.45, 7) is 12.6. The molecule has 162 valence electrons. The van der Waals surface area contributed by atoms with Crippen LogP contribution in [0.3, 0.4) is 0 Å². The Morgan fingerprint density at radius 2 is 1.54 bits per heavy atom. The molecule has 1 nitrogen and oxygen atoms in total. The molecule has 0 aromatic rings. The summed E-state index contributed by atoms with van der Waals surface area (Å²) < 4.78 is 0. The number of rotatable bonds is 5. The first-order valence-electron chi connectivity index (χ1n) is 12.9. The molecule has 0 radical (unpaired) electrons. The lowest BCUT2D eigenvalue weighted by Gasteiger charge is -2.61. The van der Waals surface area contributed by atoms with Crippen LogP contribution in [0.2, 0.25) is 0 Å². The normalized spacial score (nSPS) is 49.4. The van der Waals surface area contributed by atoms with E-state index in [4.69, 9.17) is 0 Å². The van der Waals surface area contributed by atoms with Gasteiger partial charge in [0.15, 0.2) is 0 Å². The molecule has 0 aromatic carbocycles. The zero-order chi connectivity index (χ0) is 20.1. The SMILES string of the molecule is CC(C)CCC[C@@H](C)C1CCC2C3CC[C@H]4CC[C@H](O)CC4(C)C3CCC21C. The summed E-state index contributed by atoms with van der Waals surface area (Å²) in [4.78, 5) is 0. The molecule has 1 heteroatoms. The van der Waals surface area contributed by atoms with Gasteiger partial charge in [0, 0.05) is 0 Å². The lowest BCUT2D eigenvalue weighted by molar-refractivity contribution is -0.132. The average molecular weight is 389 g/mol. The first-order chi connectivity index (χ1) is 13.3. The van der Waals surface area contributed by atoms with Gasteiger partial charge in [-0.25, -0.2) is 0 Å². The van der Waals surface area contributed by atoms with Crippen molar-refractivity contribution in [2.24, 2.45) is 52.3 Å². The van der Waals surface area contributed by atoms with Crippen LogP contribution in [-0.4, -0.2) is 11.2 Å². The Labute approximate surface area is 175 Å². The lowest BCUT2D eigenvalue weighted by Crippen LogP contribution is -2.54. The fraction of sp³-hybridized carbons (Fsp3) is 1.00. The second kappa shape index (κ2) is 7.90. The molecule has 4 aliphatic rings. The molecule has 1 N–H and O–H groups in total. The topological polar surface area (TPSA) is 20.2 Å². The van der Waals surface area contributed by atoms with Crippen LogP contribution in [0, 0.1) is 52.3 Å². The molecule has 0 saturated heterocycles. The first-order valence-corrected chi connectivity index (χ1v) is 12.9. The van der Waals surface area contributed by atoms with Crippen LogP contribution in [-0.2, 0) is 0 Å². The first kappa shape index (κ1) is 21.2. The molecule has 0 heterocycles. The third-order valence-electron chi connectivity index (χ3n) is 10.8. The van der Waals surface area contributed by atoms with Crippen molar-refractivity contribution in [3.8, 4) is 0 Å². The van der Waals surface area contributed by atoms with Gasteiger partial charge in [0.05, 0.1) is 6.10 Å². The average Bonchev–Trinajstić information content (AvgIpc) is 2.98. The number of hydrogen-bond acceptors (Lipinski definition) is 1. The lowest BCUT2D eigenvalue weighted by atomic mass is 9.44. The quantitative estimate of drug-likeness (QED) is 0.518. The maximum atomic E-state index is 10.5. The molecule has 28 heavy (non-hydrogen) atoms. The van der Waals surface area contributed by atoms with E-state index in [0.29, 0.717) is 10.8 Å². The van der Waals surface area contributed by atoms with Gasteiger partial charge in [-0.05, 0) is 110 Å². The molecule has 4 saturated carbocycles. The highest BCUT2D eigenvalue weighted by Crippen LogP contribution is 2.68. The van der Waals surface area contributed by atoms with Gasteiger partial charge in [0.2, 0.25) is 0 Å².